The van der Waals surface area contributed by atoms with Crippen LogP contribution >= 0.6 is 0 Å². The summed E-state index contributed by atoms with van der Waals surface area (Å²) >= 11 is 0. The molecular weight excluding hydrogens is 188 g/mol. The van der Waals surface area contributed by atoms with E-state index in [0.717, 1.165) is 11.3 Å². The molecule has 2 rings (SSSR count). The molecule has 3 heteroatoms. The first-order chi connectivity index (χ1) is 6.89. The molecule has 1 aliphatic heterocycles. The van der Waals surface area contributed by atoms with Crippen molar-refractivity contribution >= 4 is 5.91 Å². The number of pyridine rings is 1. The summed E-state index contributed by atoms with van der Waals surface area (Å²) in [5.74, 6) is 0.0567. The van der Waals surface area contributed by atoms with E-state index in [0.29, 0.717) is 12.2 Å². The first kappa shape index (κ1) is 10.1. The fraction of sp³-hybridized carbons (Fsp3) is 0.500. The summed E-state index contributed by atoms with van der Waals surface area (Å²) in [6.07, 6.45) is 0. The fourth-order valence-corrected chi connectivity index (χ4v) is 1.81. The summed E-state index contributed by atoms with van der Waals surface area (Å²) in [4.78, 5) is 18.2. The highest BCUT2D eigenvalue weighted by atomic mass is 16.2. The summed E-state index contributed by atoms with van der Waals surface area (Å²) < 4.78 is 0. The van der Waals surface area contributed by atoms with Gasteiger partial charge in [-0.05, 0) is 33.8 Å². The molecule has 1 aliphatic rings. The molecule has 0 aliphatic carbocycles. The van der Waals surface area contributed by atoms with Gasteiger partial charge >= 0.3 is 0 Å². The van der Waals surface area contributed by atoms with Crippen LogP contribution in [0.1, 0.15) is 42.5 Å². The lowest BCUT2D eigenvalue weighted by Crippen LogP contribution is -2.41. The van der Waals surface area contributed by atoms with Crippen molar-refractivity contribution in [1.82, 2.24) is 9.88 Å². The molecule has 0 spiro atoms. The van der Waals surface area contributed by atoms with Gasteiger partial charge in [0, 0.05) is 23.3 Å². The number of nitrogens with zero attached hydrogens (tertiary/aromatic N) is 2. The van der Waals surface area contributed by atoms with Gasteiger partial charge in [0.1, 0.15) is 5.69 Å². The van der Waals surface area contributed by atoms with Crippen LogP contribution in [-0.2, 0) is 6.54 Å². The lowest BCUT2D eigenvalue weighted by molar-refractivity contribution is 0.0605. The van der Waals surface area contributed by atoms with Gasteiger partial charge in [0.2, 0.25) is 0 Å². The van der Waals surface area contributed by atoms with Crippen LogP contribution in [0.15, 0.2) is 12.1 Å². The predicted molar refractivity (Wildman–Crippen MR) is 58.6 cm³/mol. The van der Waals surface area contributed by atoms with Crippen molar-refractivity contribution in [3.05, 3.63) is 29.1 Å². The molecule has 1 aromatic heterocycles. The number of carbonyl (C=O) groups excluding carboxylic acids is 1. The van der Waals surface area contributed by atoms with E-state index in [-0.39, 0.29) is 11.4 Å². The molecule has 0 atom stereocenters. The van der Waals surface area contributed by atoms with E-state index in [4.69, 9.17) is 0 Å². The van der Waals surface area contributed by atoms with E-state index < -0.39 is 0 Å². The van der Waals surface area contributed by atoms with Gasteiger partial charge in [0.25, 0.3) is 5.91 Å². The van der Waals surface area contributed by atoms with Gasteiger partial charge in [-0.3, -0.25) is 4.79 Å². The molecule has 1 aromatic rings. The van der Waals surface area contributed by atoms with E-state index in [1.54, 1.807) is 0 Å². The van der Waals surface area contributed by atoms with Crippen LogP contribution in [0.4, 0.5) is 0 Å². The van der Waals surface area contributed by atoms with Crippen molar-refractivity contribution < 1.29 is 4.79 Å². The highest BCUT2D eigenvalue weighted by Crippen LogP contribution is 2.27. The minimum Gasteiger partial charge on any atom is -0.328 e. The molecule has 0 aromatic carbocycles. The molecule has 0 saturated heterocycles. The SMILES string of the molecule is Cc1ccc2c(n1)C(=O)N(C(C)(C)C)C2. The van der Waals surface area contributed by atoms with Crippen molar-refractivity contribution in [3.8, 4) is 0 Å². The number of hydrogen-bond donors (Lipinski definition) is 0. The Bertz CT molecular complexity index is 418. The van der Waals surface area contributed by atoms with Crippen LogP contribution in [0.25, 0.3) is 0 Å². The molecule has 80 valence electrons. The van der Waals surface area contributed by atoms with Crippen molar-refractivity contribution in [2.45, 2.75) is 39.8 Å². The van der Waals surface area contributed by atoms with Crippen LogP contribution in [0.5, 0.6) is 0 Å². The van der Waals surface area contributed by atoms with Gasteiger partial charge in [-0.2, -0.15) is 0 Å². The predicted octanol–water partition coefficient (Wildman–Crippen LogP) is 2.14. The molecule has 0 saturated carbocycles. The second-order valence-electron chi connectivity index (χ2n) is 5.02. The molecule has 0 radical (unpaired) electrons. The van der Waals surface area contributed by atoms with Gasteiger partial charge in [-0.15, -0.1) is 0 Å². The molecular formula is C12H16N2O. The number of amides is 1. The lowest BCUT2D eigenvalue weighted by atomic mass is 10.1. The van der Waals surface area contributed by atoms with Gasteiger partial charge < -0.3 is 4.90 Å². The number of rotatable bonds is 0. The zero-order valence-electron chi connectivity index (χ0n) is 9.66. The normalized spacial score (nSPS) is 15.7. The average molecular weight is 204 g/mol. The maximum atomic E-state index is 12.1. The molecule has 0 unspecified atom stereocenters. The van der Waals surface area contributed by atoms with E-state index in [1.165, 1.54) is 0 Å². The molecule has 15 heavy (non-hydrogen) atoms. The largest absolute Gasteiger partial charge is 0.328 e. The van der Waals surface area contributed by atoms with Crippen molar-refractivity contribution in [2.75, 3.05) is 0 Å². The quantitative estimate of drug-likeness (QED) is 0.648. The van der Waals surface area contributed by atoms with Crippen molar-refractivity contribution in [2.24, 2.45) is 0 Å². The third-order valence-corrected chi connectivity index (χ3v) is 2.70. The molecule has 0 N–H and O–H groups in total. The van der Waals surface area contributed by atoms with E-state index in [2.05, 4.69) is 4.98 Å². The van der Waals surface area contributed by atoms with E-state index in [9.17, 15) is 4.79 Å². The summed E-state index contributed by atoms with van der Waals surface area (Å²) in [5.41, 5.74) is 2.44. The first-order valence-corrected chi connectivity index (χ1v) is 5.18. The standard InChI is InChI=1S/C12H16N2O/c1-8-5-6-9-7-14(12(2,3)4)11(15)10(9)13-8/h5-6H,7H2,1-4H3. The van der Waals surface area contributed by atoms with Crippen LogP contribution in [0, 0.1) is 6.92 Å². The summed E-state index contributed by atoms with van der Waals surface area (Å²) in [5, 5.41) is 0. The second-order valence-corrected chi connectivity index (χ2v) is 5.02. The highest BCUT2D eigenvalue weighted by Gasteiger charge is 2.35. The van der Waals surface area contributed by atoms with E-state index in [1.807, 2.05) is 44.7 Å². The van der Waals surface area contributed by atoms with Crippen LogP contribution in [-0.4, -0.2) is 21.3 Å². The van der Waals surface area contributed by atoms with Gasteiger partial charge in [-0.25, -0.2) is 4.98 Å². The Kier molecular flexibility index (Phi) is 2.07. The number of aryl methyl sites for hydroxylation is 1. The lowest BCUT2D eigenvalue weighted by Gasteiger charge is -2.31. The molecule has 1 amide bonds. The van der Waals surface area contributed by atoms with Gasteiger partial charge in [-0.1, -0.05) is 6.07 Å². The fourth-order valence-electron chi connectivity index (χ4n) is 1.81. The van der Waals surface area contributed by atoms with Gasteiger partial charge in [0.05, 0.1) is 0 Å². The Balaban J connectivity index is 2.42. The van der Waals surface area contributed by atoms with Gasteiger partial charge in [0.15, 0.2) is 0 Å². The van der Waals surface area contributed by atoms with Crippen molar-refractivity contribution in [3.63, 3.8) is 0 Å². The second kappa shape index (κ2) is 3.05. The third kappa shape index (κ3) is 1.62. The Morgan fingerprint density at radius 1 is 1.33 bits per heavy atom. The third-order valence-electron chi connectivity index (χ3n) is 2.70. The number of fused-ring (bicyclic) bond motifs is 1. The zero-order chi connectivity index (χ0) is 11.2. The van der Waals surface area contributed by atoms with Crippen LogP contribution < -0.4 is 0 Å². The monoisotopic (exact) mass is 204 g/mol. The average Bonchev–Trinajstić information content (AvgIpc) is 2.43. The summed E-state index contributed by atoms with van der Waals surface area (Å²) in [6, 6.07) is 3.96. The van der Waals surface area contributed by atoms with Crippen molar-refractivity contribution in [1.29, 1.82) is 0 Å². The molecule has 0 bridgehead atoms. The highest BCUT2D eigenvalue weighted by molar-refractivity contribution is 5.96. The maximum absolute atomic E-state index is 12.1. The van der Waals surface area contributed by atoms with Crippen LogP contribution in [0.2, 0.25) is 0 Å². The van der Waals surface area contributed by atoms with Crippen LogP contribution in [0.3, 0.4) is 0 Å². The summed E-state index contributed by atoms with van der Waals surface area (Å²) in [6.45, 7) is 8.73. The first-order valence-electron chi connectivity index (χ1n) is 5.18. The Morgan fingerprint density at radius 2 is 2.00 bits per heavy atom. The molecule has 2 heterocycles. The number of hydrogen-bond acceptors (Lipinski definition) is 2. The minimum absolute atomic E-state index is 0.0567. The molecule has 3 nitrogen and oxygen atoms in total. The Hall–Kier alpha value is -1.38. The molecule has 0 fully saturated rings. The topological polar surface area (TPSA) is 33.2 Å². The Labute approximate surface area is 90.1 Å². The minimum atomic E-state index is -0.133. The number of aromatic nitrogens is 1. The van der Waals surface area contributed by atoms with E-state index >= 15 is 0 Å². The maximum Gasteiger partial charge on any atom is 0.273 e. The number of carbonyl (C=O) groups is 1. The Morgan fingerprint density at radius 3 is 2.60 bits per heavy atom. The zero-order valence-corrected chi connectivity index (χ0v) is 9.66. The summed E-state index contributed by atoms with van der Waals surface area (Å²) in [7, 11) is 0. The smallest absolute Gasteiger partial charge is 0.273 e.